The molecule has 0 bridgehead atoms. The van der Waals surface area contributed by atoms with Gasteiger partial charge in [-0.15, -0.1) is 0 Å². The summed E-state index contributed by atoms with van der Waals surface area (Å²) in [4.78, 5) is 28.8. The number of benzene rings is 1. The zero-order chi connectivity index (χ0) is 23.1. The van der Waals surface area contributed by atoms with Crippen LogP contribution < -0.4 is 15.8 Å². The van der Waals surface area contributed by atoms with Crippen molar-refractivity contribution in [3.63, 3.8) is 0 Å². The summed E-state index contributed by atoms with van der Waals surface area (Å²) < 4.78 is 6.16. The predicted molar refractivity (Wildman–Crippen MR) is 128 cm³/mol. The molecule has 1 aliphatic carbocycles. The van der Waals surface area contributed by atoms with Crippen LogP contribution in [0.25, 0.3) is 0 Å². The molecular weight excluding hydrogens is 404 g/mol. The van der Waals surface area contributed by atoms with E-state index in [-0.39, 0.29) is 11.5 Å². The SMILES string of the molecule is CN(c1ccc2c(c1)CCCC2)c1ccn(C)c(=O)c1.CNc1cnccc1C(=O)OC. The Morgan fingerprint density at radius 2 is 1.81 bits per heavy atom. The Labute approximate surface area is 188 Å². The Bertz CT molecular complexity index is 1140. The van der Waals surface area contributed by atoms with Gasteiger partial charge in [-0.25, -0.2) is 4.79 Å². The van der Waals surface area contributed by atoms with Crippen LogP contribution in [0.4, 0.5) is 17.1 Å². The smallest absolute Gasteiger partial charge is 0.340 e. The first-order valence-corrected chi connectivity index (χ1v) is 10.7. The number of anilines is 3. The second kappa shape index (κ2) is 10.6. The van der Waals surface area contributed by atoms with Gasteiger partial charge in [0.2, 0.25) is 0 Å². The maximum Gasteiger partial charge on any atom is 0.340 e. The molecule has 1 aliphatic rings. The van der Waals surface area contributed by atoms with Crippen LogP contribution in [0, 0.1) is 0 Å². The molecular formula is C25H30N4O3. The topological polar surface area (TPSA) is 76.5 Å². The van der Waals surface area contributed by atoms with Gasteiger partial charge in [-0.3, -0.25) is 9.78 Å². The van der Waals surface area contributed by atoms with E-state index in [4.69, 9.17) is 0 Å². The highest BCUT2D eigenvalue weighted by Gasteiger charge is 2.12. The fraction of sp³-hybridized carbons (Fsp3) is 0.320. The van der Waals surface area contributed by atoms with Gasteiger partial charge in [0.05, 0.1) is 24.6 Å². The van der Waals surface area contributed by atoms with Crippen LogP contribution in [-0.4, -0.2) is 36.7 Å². The minimum atomic E-state index is -0.359. The van der Waals surface area contributed by atoms with Gasteiger partial charge in [0.15, 0.2) is 0 Å². The summed E-state index contributed by atoms with van der Waals surface area (Å²) in [6.07, 6.45) is 9.90. The van der Waals surface area contributed by atoms with Gasteiger partial charge >= 0.3 is 5.97 Å². The van der Waals surface area contributed by atoms with Crippen LogP contribution in [0.15, 0.2) is 59.8 Å². The number of rotatable bonds is 4. The first-order valence-electron chi connectivity index (χ1n) is 10.7. The largest absolute Gasteiger partial charge is 0.465 e. The van der Waals surface area contributed by atoms with Crippen LogP contribution in [-0.2, 0) is 24.6 Å². The number of hydrogen-bond donors (Lipinski definition) is 1. The summed E-state index contributed by atoms with van der Waals surface area (Å²) in [5.41, 5.74) is 6.22. The van der Waals surface area contributed by atoms with Gasteiger partial charge in [-0.2, -0.15) is 0 Å². The molecule has 168 valence electrons. The lowest BCUT2D eigenvalue weighted by Gasteiger charge is -2.23. The van der Waals surface area contributed by atoms with Crippen molar-refractivity contribution in [3.8, 4) is 0 Å². The van der Waals surface area contributed by atoms with Crippen LogP contribution in [0.5, 0.6) is 0 Å². The third kappa shape index (κ3) is 5.35. The number of ether oxygens (including phenoxy) is 1. The van der Waals surface area contributed by atoms with Crippen LogP contribution in [0.1, 0.15) is 34.3 Å². The summed E-state index contributed by atoms with van der Waals surface area (Å²) in [6, 6.07) is 11.9. The molecule has 3 aromatic rings. The number of carbonyl (C=O) groups excluding carboxylic acids is 1. The summed E-state index contributed by atoms with van der Waals surface area (Å²) in [7, 11) is 6.86. The zero-order valence-electron chi connectivity index (χ0n) is 19.1. The van der Waals surface area contributed by atoms with E-state index in [0.29, 0.717) is 11.3 Å². The number of methoxy groups -OCH3 is 1. The van der Waals surface area contributed by atoms with Crippen molar-refractivity contribution in [2.75, 3.05) is 31.4 Å². The summed E-state index contributed by atoms with van der Waals surface area (Å²) in [5.74, 6) is -0.359. The molecule has 0 spiro atoms. The van der Waals surface area contributed by atoms with Crippen LogP contribution in [0.3, 0.4) is 0 Å². The van der Waals surface area contributed by atoms with E-state index in [1.807, 2.05) is 19.3 Å². The summed E-state index contributed by atoms with van der Waals surface area (Å²) >= 11 is 0. The number of nitrogens with zero attached hydrogens (tertiary/aromatic N) is 3. The molecule has 32 heavy (non-hydrogen) atoms. The molecule has 0 saturated heterocycles. The number of nitrogens with one attached hydrogen (secondary N) is 1. The highest BCUT2D eigenvalue weighted by Crippen LogP contribution is 2.28. The van der Waals surface area contributed by atoms with Gasteiger partial charge in [0.25, 0.3) is 5.56 Å². The molecule has 2 aromatic heterocycles. The first kappa shape index (κ1) is 23.1. The lowest BCUT2D eigenvalue weighted by Crippen LogP contribution is -2.18. The monoisotopic (exact) mass is 434 g/mol. The molecule has 0 aliphatic heterocycles. The molecule has 1 N–H and O–H groups in total. The number of carbonyl (C=O) groups is 1. The molecule has 7 nitrogen and oxygen atoms in total. The van der Waals surface area contributed by atoms with Gasteiger partial charge < -0.3 is 19.5 Å². The predicted octanol–water partition coefficient (Wildman–Crippen LogP) is 3.94. The Morgan fingerprint density at radius 1 is 1.09 bits per heavy atom. The zero-order valence-corrected chi connectivity index (χ0v) is 19.1. The third-order valence-electron chi connectivity index (χ3n) is 5.69. The van der Waals surface area contributed by atoms with Crippen molar-refractivity contribution in [2.24, 2.45) is 7.05 Å². The second-order valence-electron chi connectivity index (χ2n) is 7.72. The molecule has 2 heterocycles. The summed E-state index contributed by atoms with van der Waals surface area (Å²) in [6.45, 7) is 0. The van der Waals surface area contributed by atoms with Crippen LogP contribution in [0.2, 0.25) is 0 Å². The maximum absolute atomic E-state index is 11.7. The standard InChI is InChI=1S/C17H20N2O.C8H10N2O2/c1-18-10-9-16(12-17(18)20)19(2)15-8-7-13-5-3-4-6-14(13)11-15;1-9-7-5-10-4-3-6(7)8(11)12-2/h7-12H,3-6H2,1-2H3;3-5,9H,1-2H3. The minimum Gasteiger partial charge on any atom is -0.465 e. The Kier molecular flexibility index (Phi) is 7.65. The van der Waals surface area contributed by atoms with E-state index >= 15 is 0 Å². The fourth-order valence-electron chi connectivity index (χ4n) is 3.71. The average molecular weight is 435 g/mol. The Morgan fingerprint density at radius 3 is 2.50 bits per heavy atom. The van der Waals surface area contributed by atoms with E-state index in [2.05, 4.69) is 38.1 Å². The third-order valence-corrected chi connectivity index (χ3v) is 5.69. The van der Waals surface area contributed by atoms with Crippen molar-refractivity contribution in [3.05, 3.63) is 82.0 Å². The number of esters is 1. The number of hydrogen-bond acceptors (Lipinski definition) is 6. The minimum absolute atomic E-state index is 0.0207. The van der Waals surface area contributed by atoms with Gasteiger partial charge in [0.1, 0.15) is 0 Å². The number of pyridine rings is 2. The van der Waals surface area contributed by atoms with Crippen molar-refractivity contribution in [1.82, 2.24) is 9.55 Å². The normalized spacial score (nSPS) is 12.1. The average Bonchev–Trinajstić information content (AvgIpc) is 2.84. The molecule has 0 saturated carbocycles. The van der Waals surface area contributed by atoms with Crippen molar-refractivity contribution in [2.45, 2.75) is 25.7 Å². The van der Waals surface area contributed by atoms with Crippen molar-refractivity contribution in [1.29, 1.82) is 0 Å². The van der Waals surface area contributed by atoms with E-state index in [9.17, 15) is 9.59 Å². The molecule has 0 radical (unpaired) electrons. The molecule has 0 amide bonds. The second-order valence-corrected chi connectivity index (χ2v) is 7.72. The molecule has 0 unspecified atom stereocenters. The van der Waals surface area contributed by atoms with E-state index in [0.717, 1.165) is 11.4 Å². The molecule has 0 atom stereocenters. The quantitative estimate of drug-likeness (QED) is 0.627. The molecule has 4 rings (SSSR count). The van der Waals surface area contributed by atoms with E-state index in [1.54, 1.807) is 43.2 Å². The number of aromatic nitrogens is 2. The van der Waals surface area contributed by atoms with Gasteiger partial charge in [-0.05, 0) is 61.1 Å². The Hall–Kier alpha value is -3.61. The first-order chi connectivity index (χ1) is 15.4. The lowest BCUT2D eigenvalue weighted by atomic mass is 9.91. The van der Waals surface area contributed by atoms with Gasteiger partial charge in [0, 0.05) is 51.0 Å². The summed E-state index contributed by atoms with van der Waals surface area (Å²) in [5, 5.41) is 2.85. The fourth-order valence-corrected chi connectivity index (χ4v) is 3.71. The van der Waals surface area contributed by atoms with Crippen molar-refractivity contribution >= 4 is 23.0 Å². The number of aryl methyl sites for hydroxylation is 3. The number of fused-ring (bicyclic) bond motifs is 1. The highest BCUT2D eigenvalue weighted by atomic mass is 16.5. The van der Waals surface area contributed by atoms with Crippen LogP contribution >= 0.6 is 0 Å². The van der Waals surface area contributed by atoms with E-state index in [1.165, 1.54) is 43.9 Å². The molecule has 1 aromatic carbocycles. The molecule has 7 heteroatoms. The molecule has 0 fully saturated rings. The van der Waals surface area contributed by atoms with Crippen molar-refractivity contribution < 1.29 is 9.53 Å². The van der Waals surface area contributed by atoms with E-state index < -0.39 is 0 Å². The highest BCUT2D eigenvalue weighted by molar-refractivity contribution is 5.95. The Balaban J connectivity index is 0.000000207. The maximum atomic E-state index is 11.7. The van der Waals surface area contributed by atoms with Gasteiger partial charge in [-0.1, -0.05) is 6.07 Å². The lowest BCUT2D eigenvalue weighted by molar-refractivity contribution is 0.0601.